The lowest BCUT2D eigenvalue weighted by Crippen LogP contribution is -2.48. The highest BCUT2D eigenvalue weighted by atomic mass is 19.1. The van der Waals surface area contributed by atoms with Crippen LogP contribution in [0.25, 0.3) is 0 Å². The highest BCUT2D eigenvalue weighted by molar-refractivity contribution is 5.33. The molecule has 1 aliphatic heterocycles. The van der Waals surface area contributed by atoms with Crippen LogP contribution in [0.3, 0.4) is 0 Å². The van der Waals surface area contributed by atoms with Gasteiger partial charge in [-0.05, 0) is 25.1 Å². The maximum Gasteiger partial charge on any atom is 0.127 e. The highest BCUT2D eigenvalue weighted by Gasteiger charge is 2.17. The SMILES string of the molecule is C[C@H]1CN(Cc2cc(C#N)ccc2F)CCN1. The molecule has 1 saturated heterocycles. The zero-order valence-electron chi connectivity index (χ0n) is 9.91. The minimum atomic E-state index is -0.227. The third kappa shape index (κ3) is 3.02. The van der Waals surface area contributed by atoms with Crippen LogP contribution in [0.5, 0.6) is 0 Å². The summed E-state index contributed by atoms with van der Waals surface area (Å²) in [6.07, 6.45) is 0. The molecule has 3 nitrogen and oxygen atoms in total. The van der Waals surface area contributed by atoms with Crippen LogP contribution in [0, 0.1) is 17.1 Å². The summed E-state index contributed by atoms with van der Waals surface area (Å²) in [5.41, 5.74) is 1.13. The average Bonchev–Trinajstić information content (AvgIpc) is 2.32. The molecule has 4 heteroatoms. The predicted octanol–water partition coefficient (Wildman–Crippen LogP) is 1.49. The van der Waals surface area contributed by atoms with Gasteiger partial charge in [-0.2, -0.15) is 5.26 Å². The first-order valence-electron chi connectivity index (χ1n) is 5.83. The summed E-state index contributed by atoms with van der Waals surface area (Å²) in [5, 5.41) is 12.2. The number of piperazine rings is 1. The first-order chi connectivity index (χ1) is 8.19. The lowest BCUT2D eigenvalue weighted by molar-refractivity contribution is 0.197. The second-order valence-electron chi connectivity index (χ2n) is 4.51. The highest BCUT2D eigenvalue weighted by Crippen LogP contribution is 2.13. The van der Waals surface area contributed by atoms with E-state index in [1.165, 1.54) is 12.1 Å². The van der Waals surface area contributed by atoms with Crippen molar-refractivity contribution in [1.82, 2.24) is 10.2 Å². The lowest BCUT2D eigenvalue weighted by Gasteiger charge is -2.31. The van der Waals surface area contributed by atoms with Crippen LogP contribution in [0.15, 0.2) is 18.2 Å². The number of hydrogen-bond acceptors (Lipinski definition) is 3. The molecule has 0 bridgehead atoms. The molecule has 1 heterocycles. The summed E-state index contributed by atoms with van der Waals surface area (Å²) in [4.78, 5) is 2.21. The van der Waals surface area contributed by atoms with E-state index in [0.29, 0.717) is 23.7 Å². The average molecular weight is 233 g/mol. The third-order valence-electron chi connectivity index (χ3n) is 3.02. The molecular weight excluding hydrogens is 217 g/mol. The Hall–Kier alpha value is -1.44. The summed E-state index contributed by atoms with van der Waals surface area (Å²) in [5.74, 6) is -0.227. The molecular formula is C13H16FN3. The second kappa shape index (κ2) is 5.26. The van der Waals surface area contributed by atoms with Crippen molar-refractivity contribution in [3.63, 3.8) is 0 Å². The van der Waals surface area contributed by atoms with Crippen LogP contribution in [0.4, 0.5) is 4.39 Å². The van der Waals surface area contributed by atoms with Crippen molar-refractivity contribution in [2.24, 2.45) is 0 Å². The fourth-order valence-electron chi connectivity index (χ4n) is 2.16. The molecule has 1 aromatic carbocycles. The number of nitrogens with zero attached hydrogens (tertiary/aromatic N) is 2. The molecule has 1 N–H and O–H groups in total. The van der Waals surface area contributed by atoms with Crippen molar-refractivity contribution < 1.29 is 4.39 Å². The van der Waals surface area contributed by atoms with Crippen LogP contribution >= 0.6 is 0 Å². The van der Waals surface area contributed by atoms with E-state index < -0.39 is 0 Å². The van der Waals surface area contributed by atoms with E-state index in [1.54, 1.807) is 6.07 Å². The molecule has 17 heavy (non-hydrogen) atoms. The van der Waals surface area contributed by atoms with Crippen molar-refractivity contribution in [3.8, 4) is 6.07 Å². The third-order valence-corrected chi connectivity index (χ3v) is 3.02. The van der Waals surface area contributed by atoms with Gasteiger partial charge < -0.3 is 5.32 Å². The van der Waals surface area contributed by atoms with Gasteiger partial charge in [0.1, 0.15) is 5.82 Å². The standard InChI is InChI=1S/C13H16FN3/c1-10-8-17(5-4-16-10)9-12-6-11(7-15)2-3-13(12)14/h2-3,6,10,16H,4-5,8-9H2,1H3/t10-/m0/s1. The minimum Gasteiger partial charge on any atom is -0.312 e. The molecule has 1 atom stereocenters. The summed E-state index contributed by atoms with van der Waals surface area (Å²) in [7, 11) is 0. The van der Waals surface area contributed by atoms with Gasteiger partial charge in [0.2, 0.25) is 0 Å². The molecule has 1 aliphatic rings. The largest absolute Gasteiger partial charge is 0.312 e. The van der Waals surface area contributed by atoms with Crippen molar-refractivity contribution in [2.75, 3.05) is 19.6 Å². The summed E-state index contributed by atoms with van der Waals surface area (Å²) in [6.45, 7) is 5.46. The van der Waals surface area contributed by atoms with E-state index in [4.69, 9.17) is 5.26 Å². The van der Waals surface area contributed by atoms with Gasteiger partial charge >= 0.3 is 0 Å². The molecule has 0 unspecified atom stereocenters. The van der Waals surface area contributed by atoms with Gasteiger partial charge in [0.05, 0.1) is 11.6 Å². The van der Waals surface area contributed by atoms with Crippen LogP contribution in [0.2, 0.25) is 0 Å². The first kappa shape index (κ1) is 12.0. The molecule has 0 saturated carbocycles. The number of nitrogens with one attached hydrogen (secondary N) is 1. The number of rotatable bonds is 2. The molecule has 1 aromatic rings. The molecule has 0 aliphatic carbocycles. The van der Waals surface area contributed by atoms with Gasteiger partial charge in [-0.15, -0.1) is 0 Å². The van der Waals surface area contributed by atoms with Crippen molar-refractivity contribution in [3.05, 3.63) is 35.1 Å². The molecule has 90 valence electrons. The summed E-state index contributed by atoms with van der Waals surface area (Å²) < 4.78 is 13.6. The smallest absolute Gasteiger partial charge is 0.127 e. The second-order valence-corrected chi connectivity index (χ2v) is 4.51. The lowest BCUT2D eigenvalue weighted by atomic mass is 10.1. The fourth-order valence-corrected chi connectivity index (χ4v) is 2.16. The first-order valence-corrected chi connectivity index (χ1v) is 5.83. The van der Waals surface area contributed by atoms with Gasteiger partial charge in [-0.3, -0.25) is 4.90 Å². The van der Waals surface area contributed by atoms with Gasteiger partial charge in [0.15, 0.2) is 0 Å². The van der Waals surface area contributed by atoms with E-state index >= 15 is 0 Å². The quantitative estimate of drug-likeness (QED) is 0.841. The zero-order chi connectivity index (χ0) is 12.3. The minimum absolute atomic E-state index is 0.227. The Morgan fingerprint density at radius 1 is 1.59 bits per heavy atom. The van der Waals surface area contributed by atoms with Crippen LogP contribution in [-0.4, -0.2) is 30.6 Å². The molecule has 0 spiro atoms. The molecule has 1 fully saturated rings. The number of hydrogen-bond donors (Lipinski definition) is 1. The van der Waals surface area contributed by atoms with E-state index in [2.05, 4.69) is 17.1 Å². The Bertz CT molecular complexity index is 439. The maximum absolute atomic E-state index is 13.6. The van der Waals surface area contributed by atoms with Gasteiger partial charge in [-0.25, -0.2) is 4.39 Å². The van der Waals surface area contributed by atoms with Crippen LogP contribution in [0.1, 0.15) is 18.1 Å². The normalized spacial score (nSPS) is 21.1. The van der Waals surface area contributed by atoms with Crippen LogP contribution in [-0.2, 0) is 6.54 Å². The molecule has 0 radical (unpaired) electrons. The van der Waals surface area contributed by atoms with Crippen LogP contribution < -0.4 is 5.32 Å². The molecule has 2 rings (SSSR count). The van der Waals surface area contributed by atoms with Gasteiger partial charge in [0, 0.05) is 37.8 Å². The Kier molecular flexibility index (Phi) is 3.72. The Morgan fingerprint density at radius 2 is 2.41 bits per heavy atom. The predicted molar refractivity (Wildman–Crippen MR) is 63.9 cm³/mol. The zero-order valence-corrected chi connectivity index (χ0v) is 9.91. The Labute approximate surface area is 101 Å². The van der Waals surface area contributed by atoms with E-state index in [1.807, 2.05) is 6.07 Å². The number of nitriles is 1. The summed E-state index contributed by atoms with van der Waals surface area (Å²) >= 11 is 0. The number of benzene rings is 1. The monoisotopic (exact) mass is 233 g/mol. The van der Waals surface area contributed by atoms with Gasteiger partial charge in [-0.1, -0.05) is 0 Å². The molecule has 0 aromatic heterocycles. The Morgan fingerprint density at radius 3 is 3.12 bits per heavy atom. The molecule has 0 amide bonds. The topological polar surface area (TPSA) is 39.1 Å². The van der Waals surface area contributed by atoms with E-state index in [9.17, 15) is 4.39 Å². The van der Waals surface area contributed by atoms with Crippen molar-refractivity contribution >= 4 is 0 Å². The van der Waals surface area contributed by atoms with Crippen molar-refractivity contribution in [1.29, 1.82) is 5.26 Å². The summed E-state index contributed by atoms with van der Waals surface area (Å²) in [6, 6.07) is 7.01. The van der Waals surface area contributed by atoms with Crippen molar-refractivity contribution in [2.45, 2.75) is 19.5 Å². The van der Waals surface area contributed by atoms with E-state index in [0.717, 1.165) is 19.6 Å². The van der Waals surface area contributed by atoms with E-state index in [-0.39, 0.29) is 5.82 Å². The van der Waals surface area contributed by atoms with Gasteiger partial charge in [0.25, 0.3) is 0 Å². The number of halogens is 1. The fraction of sp³-hybridized carbons (Fsp3) is 0.462. The maximum atomic E-state index is 13.6. The Balaban J connectivity index is 2.10.